The van der Waals surface area contributed by atoms with Gasteiger partial charge in [-0.1, -0.05) is 13.3 Å². The fourth-order valence-electron chi connectivity index (χ4n) is 2.34. The Morgan fingerprint density at radius 3 is 2.82 bits per heavy atom. The summed E-state index contributed by atoms with van der Waals surface area (Å²) in [6.07, 6.45) is 2.62. The highest BCUT2D eigenvalue weighted by atomic mass is 16.2. The van der Waals surface area contributed by atoms with Gasteiger partial charge in [0, 0.05) is 31.3 Å². The maximum absolute atomic E-state index is 12.0. The van der Waals surface area contributed by atoms with Gasteiger partial charge >= 0.3 is 6.03 Å². The first kappa shape index (κ1) is 16.1. The van der Waals surface area contributed by atoms with Gasteiger partial charge in [-0.3, -0.25) is 15.1 Å². The van der Waals surface area contributed by atoms with Gasteiger partial charge in [-0.2, -0.15) is 10.2 Å². The molecule has 0 saturated carbocycles. The first-order valence-electron chi connectivity index (χ1n) is 7.59. The van der Waals surface area contributed by atoms with E-state index in [4.69, 9.17) is 0 Å². The van der Waals surface area contributed by atoms with Crippen molar-refractivity contribution in [3.63, 3.8) is 0 Å². The van der Waals surface area contributed by atoms with Gasteiger partial charge in [-0.05, 0) is 26.3 Å². The maximum atomic E-state index is 12.0. The Morgan fingerprint density at radius 1 is 1.41 bits per heavy atom. The minimum Gasteiger partial charge on any atom is -0.335 e. The number of anilines is 1. The number of H-pyrrole nitrogens is 1. The van der Waals surface area contributed by atoms with Crippen molar-refractivity contribution in [2.24, 2.45) is 7.05 Å². The Hall–Kier alpha value is -2.31. The monoisotopic (exact) mass is 304 g/mol. The van der Waals surface area contributed by atoms with E-state index in [-0.39, 0.29) is 12.1 Å². The molecule has 0 aromatic carbocycles. The predicted octanol–water partition coefficient (Wildman–Crippen LogP) is 2.16. The van der Waals surface area contributed by atoms with E-state index < -0.39 is 0 Å². The summed E-state index contributed by atoms with van der Waals surface area (Å²) < 4.78 is 1.69. The molecule has 7 nitrogen and oxygen atoms in total. The van der Waals surface area contributed by atoms with Crippen molar-refractivity contribution in [3.8, 4) is 0 Å². The summed E-state index contributed by atoms with van der Waals surface area (Å²) >= 11 is 0. The molecule has 7 heteroatoms. The zero-order chi connectivity index (χ0) is 16.1. The Bertz CT molecular complexity index is 630. The molecule has 3 N–H and O–H groups in total. The van der Waals surface area contributed by atoms with Gasteiger partial charge in [0.05, 0.1) is 11.4 Å². The number of urea groups is 1. The van der Waals surface area contributed by atoms with Gasteiger partial charge in [0.15, 0.2) is 0 Å². The molecule has 1 atom stereocenters. The zero-order valence-electron chi connectivity index (χ0n) is 13.6. The Morgan fingerprint density at radius 2 is 2.18 bits per heavy atom. The topological polar surface area (TPSA) is 87.6 Å². The van der Waals surface area contributed by atoms with Crippen molar-refractivity contribution >= 4 is 11.8 Å². The van der Waals surface area contributed by atoms with Gasteiger partial charge in [-0.15, -0.1) is 0 Å². The van der Waals surface area contributed by atoms with Crippen LogP contribution in [0.5, 0.6) is 0 Å². The van der Waals surface area contributed by atoms with Crippen LogP contribution in [0.25, 0.3) is 0 Å². The van der Waals surface area contributed by atoms with Crippen LogP contribution in [0.1, 0.15) is 37.4 Å². The molecule has 2 aromatic heterocycles. The molecule has 0 fully saturated rings. The first-order chi connectivity index (χ1) is 10.5. The number of amides is 2. The third kappa shape index (κ3) is 4.34. The van der Waals surface area contributed by atoms with E-state index >= 15 is 0 Å². The largest absolute Gasteiger partial charge is 0.335 e. The van der Waals surface area contributed by atoms with Crippen molar-refractivity contribution < 1.29 is 4.79 Å². The smallest absolute Gasteiger partial charge is 0.320 e. The summed E-state index contributed by atoms with van der Waals surface area (Å²) in [6.45, 7) is 6.01. The molecule has 2 amide bonds. The van der Waals surface area contributed by atoms with Crippen LogP contribution < -0.4 is 10.6 Å². The third-order valence-corrected chi connectivity index (χ3v) is 3.33. The molecule has 22 heavy (non-hydrogen) atoms. The van der Waals surface area contributed by atoms with Crippen LogP contribution in [-0.4, -0.2) is 32.1 Å². The molecular formula is C15H24N6O. The Labute approximate surface area is 130 Å². The fraction of sp³-hybridized carbons (Fsp3) is 0.533. The van der Waals surface area contributed by atoms with E-state index in [2.05, 4.69) is 32.9 Å². The normalized spacial score (nSPS) is 12.2. The summed E-state index contributed by atoms with van der Waals surface area (Å²) in [7, 11) is 1.82. The fourth-order valence-corrected chi connectivity index (χ4v) is 2.34. The molecule has 2 rings (SSSR count). The summed E-state index contributed by atoms with van der Waals surface area (Å²) in [4.78, 5) is 12.0. The lowest BCUT2D eigenvalue weighted by atomic mass is 10.2. The van der Waals surface area contributed by atoms with Crippen LogP contribution in [0.15, 0.2) is 12.1 Å². The van der Waals surface area contributed by atoms with E-state index in [0.717, 1.165) is 29.9 Å². The molecule has 0 radical (unpaired) electrons. The van der Waals surface area contributed by atoms with Crippen molar-refractivity contribution in [1.29, 1.82) is 0 Å². The molecular weight excluding hydrogens is 280 g/mol. The SMILES string of the molecule is CCCc1cc(NC(=O)N[C@H](C)Cc2cc(C)[nH]n2)n(C)n1. The highest BCUT2D eigenvalue weighted by molar-refractivity contribution is 5.88. The van der Waals surface area contributed by atoms with Crippen molar-refractivity contribution in [2.45, 2.75) is 46.1 Å². The molecule has 0 bridgehead atoms. The van der Waals surface area contributed by atoms with E-state index in [0.29, 0.717) is 12.2 Å². The highest BCUT2D eigenvalue weighted by Gasteiger charge is 2.12. The quantitative estimate of drug-likeness (QED) is 0.764. The lowest BCUT2D eigenvalue weighted by Crippen LogP contribution is -2.37. The van der Waals surface area contributed by atoms with Gasteiger partial charge in [0.1, 0.15) is 5.82 Å². The van der Waals surface area contributed by atoms with Crippen molar-refractivity contribution in [1.82, 2.24) is 25.3 Å². The molecule has 2 heterocycles. The minimum atomic E-state index is -0.231. The number of aromatic nitrogens is 4. The number of aryl methyl sites for hydroxylation is 3. The zero-order valence-corrected chi connectivity index (χ0v) is 13.6. The molecule has 0 aliphatic carbocycles. The Balaban J connectivity index is 1.86. The average Bonchev–Trinajstić information content (AvgIpc) is 2.96. The summed E-state index contributed by atoms with van der Waals surface area (Å²) in [5.74, 6) is 0.698. The van der Waals surface area contributed by atoms with Crippen LogP contribution in [-0.2, 0) is 19.9 Å². The molecule has 2 aromatic rings. The first-order valence-corrected chi connectivity index (χ1v) is 7.59. The van der Waals surface area contributed by atoms with Gasteiger partial charge in [0.2, 0.25) is 0 Å². The lowest BCUT2D eigenvalue weighted by molar-refractivity contribution is 0.249. The summed E-state index contributed by atoms with van der Waals surface area (Å²) in [5, 5.41) is 17.2. The second-order valence-electron chi connectivity index (χ2n) is 5.64. The van der Waals surface area contributed by atoms with E-state index in [9.17, 15) is 4.79 Å². The Kier molecular flexibility index (Phi) is 5.19. The summed E-state index contributed by atoms with van der Waals surface area (Å²) in [5.41, 5.74) is 2.95. The van der Waals surface area contributed by atoms with Crippen LogP contribution in [0.2, 0.25) is 0 Å². The molecule has 120 valence electrons. The number of rotatable bonds is 6. The third-order valence-electron chi connectivity index (χ3n) is 3.33. The van der Waals surface area contributed by atoms with Gasteiger partial charge < -0.3 is 5.32 Å². The van der Waals surface area contributed by atoms with Gasteiger partial charge in [-0.25, -0.2) is 4.79 Å². The average molecular weight is 304 g/mol. The van der Waals surface area contributed by atoms with Crippen molar-refractivity contribution in [2.75, 3.05) is 5.32 Å². The second-order valence-corrected chi connectivity index (χ2v) is 5.64. The van der Waals surface area contributed by atoms with Crippen LogP contribution in [0.4, 0.5) is 10.6 Å². The molecule has 0 aliphatic rings. The molecule has 0 unspecified atom stereocenters. The number of carbonyl (C=O) groups excluding carboxylic acids is 1. The van der Waals surface area contributed by atoms with E-state index in [1.807, 2.05) is 33.0 Å². The van der Waals surface area contributed by atoms with E-state index in [1.165, 1.54) is 0 Å². The number of nitrogens with zero attached hydrogens (tertiary/aromatic N) is 3. The second kappa shape index (κ2) is 7.11. The molecule has 0 aliphatic heterocycles. The maximum Gasteiger partial charge on any atom is 0.320 e. The van der Waals surface area contributed by atoms with Gasteiger partial charge in [0.25, 0.3) is 0 Å². The molecule has 0 spiro atoms. The number of carbonyl (C=O) groups is 1. The molecule has 0 saturated heterocycles. The number of hydrogen-bond acceptors (Lipinski definition) is 3. The van der Waals surface area contributed by atoms with Crippen LogP contribution >= 0.6 is 0 Å². The standard InChI is InChI=1S/C15H24N6O/c1-5-6-12-9-14(21(4)20-12)17-15(22)16-10(2)7-13-8-11(3)18-19-13/h8-10H,5-7H2,1-4H3,(H,18,19)(H2,16,17,22)/t10-/m1/s1. The van der Waals surface area contributed by atoms with Crippen molar-refractivity contribution in [3.05, 3.63) is 29.2 Å². The number of hydrogen-bond donors (Lipinski definition) is 3. The summed E-state index contributed by atoms with van der Waals surface area (Å²) in [6, 6.07) is 3.65. The van der Waals surface area contributed by atoms with Crippen LogP contribution in [0, 0.1) is 6.92 Å². The predicted molar refractivity (Wildman–Crippen MR) is 85.8 cm³/mol. The lowest BCUT2D eigenvalue weighted by Gasteiger charge is -2.13. The van der Waals surface area contributed by atoms with Crippen LogP contribution in [0.3, 0.4) is 0 Å². The minimum absolute atomic E-state index is 0.00830. The highest BCUT2D eigenvalue weighted by Crippen LogP contribution is 2.10. The van der Waals surface area contributed by atoms with E-state index in [1.54, 1.807) is 4.68 Å². The number of aromatic amines is 1. The number of nitrogens with one attached hydrogen (secondary N) is 3.